The van der Waals surface area contributed by atoms with Crippen molar-refractivity contribution in [1.29, 1.82) is 0 Å². The average Bonchev–Trinajstić information content (AvgIpc) is 3.67. The number of hydrogen-bond acceptors (Lipinski definition) is 7. The molecule has 0 bridgehead atoms. The molecule has 2 heterocycles. The Morgan fingerprint density at radius 3 is 2.62 bits per heavy atom. The minimum absolute atomic E-state index is 0.0329. The highest BCUT2D eigenvalue weighted by Crippen LogP contribution is 2.49. The molecule has 0 amide bonds. The second-order valence-electron chi connectivity index (χ2n) is 15.1. The van der Waals surface area contributed by atoms with Gasteiger partial charge in [0.25, 0.3) is 0 Å². The number of carbonyl (C=O) groups is 1. The lowest BCUT2D eigenvalue weighted by molar-refractivity contribution is -0.148. The number of nitrogens with one attached hydrogen (secondary N) is 3. The van der Waals surface area contributed by atoms with Gasteiger partial charge in [-0.25, -0.2) is 0 Å². The van der Waals surface area contributed by atoms with E-state index >= 15 is 0 Å². The maximum absolute atomic E-state index is 12.5. The zero-order chi connectivity index (χ0) is 34.5. The van der Waals surface area contributed by atoms with E-state index in [0.717, 1.165) is 50.6 Å². The highest BCUT2D eigenvalue weighted by molar-refractivity contribution is 5.70. The van der Waals surface area contributed by atoms with Crippen molar-refractivity contribution in [2.45, 2.75) is 121 Å². The summed E-state index contributed by atoms with van der Waals surface area (Å²) in [5, 5.41) is 51.2. The van der Waals surface area contributed by atoms with Gasteiger partial charge in [0.2, 0.25) is 0 Å². The first kappa shape index (κ1) is 38.2. The van der Waals surface area contributed by atoms with Crippen molar-refractivity contribution in [3.05, 3.63) is 59.7 Å². The molecule has 1 aliphatic heterocycles. The Hall–Kier alpha value is -2.59. The third-order valence-corrected chi connectivity index (χ3v) is 11.5. The van der Waals surface area contributed by atoms with Gasteiger partial charge in [-0.05, 0) is 106 Å². The fourth-order valence-corrected chi connectivity index (χ4v) is 8.80. The van der Waals surface area contributed by atoms with Gasteiger partial charge in [-0.3, -0.25) is 4.79 Å². The minimum Gasteiger partial charge on any atom is -0.481 e. The molecule has 9 unspecified atom stereocenters. The van der Waals surface area contributed by atoms with Crippen LogP contribution in [-0.2, 0) is 11.2 Å². The van der Waals surface area contributed by atoms with E-state index in [1.54, 1.807) is 0 Å². The molecule has 9 heteroatoms. The summed E-state index contributed by atoms with van der Waals surface area (Å²) in [5.41, 5.74) is 7.22. The molecule has 9 nitrogen and oxygen atoms in total. The first-order valence-corrected chi connectivity index (χ1v) is 18.8. The van der Waals surface area contributed by atoms with E-state index in [-0.39, 0.29) is 36.2 Å². The van der Waals surface area contributed by atoms with Gasteiger partial charge in [0.05, 0.1) is 29.5 Å². The molecule has 4 rings (SSSR count). The number of rotatable bonds is 21. The van der Waals surface area contributed by atoms with Crippen LogP contribution >= 0.6 is 0 Å². The van der Waals surface area contributed by atoms with Gasteiger partial charge in [0.1, 0.15) is 0 Å². The second kappa shape index (κ2) is 19.0. The van der Waals surface area contributed by atoms with Crippen LogP contribution in [-0.4, -0.2) is 69.3 Å². The standard InChI is InChI=1S/C39H64N4O5/c1-3-4-6-10-27-14-15-30(35(44)21-27)11-7-5-8-13-34(38(46)47)36(45)24-32(26-41-2)39(48)25-29(19-28-16-18-43-37(40)22-28)20-31(39)23-33-12-9-17-42-33/h9,12,14-17,22,27,29-32,34-36,41-45,48H,3-8,10-11,13,18-21,23-26,40H2,1-2H3,(H,46,47). The van der Waals surface area contributed by atoms with Crippen LogP contribution < -0.4 is 16.4 Å². The van der Waals surface area contributed by atoms with Gasteiger partial charge in [-0.2, -0.15) is 0 Å². The van der Waals surface area contributed by atoms with E-state index in [1.165, 1.54) is 24.8 Å². The third-order valence-electron chi connectivity index (χ3n) is 11.5. The van der Waals surface area contributed by atoms with Crippen LogP contribution in [0, 0.1) is 35.5 Å². The Kier molecular flexibility index (Phi) is 15.1. The lowest BCUT2D eigenvalue weighted by atomic mass is 9.73. The molecule has 48 heavy (non-hydrogen) atoms. The van der Waals surface area contributed by atoms with Crippen LogP contribution in [0.3, 0.4) is 0 Å². The van der Waals surface area contributed by atoms with Crippen LogP contribution in [0.4, 0.5) is 0 Å². The number of aliphatic hydroxyl groups is 3. The Bertz CT molecular complexity index is 1200. The predicted molar refractivity (Wildman–Crippen MR) is 192 cm³/mol. The smallest absolute Gasteiger partial charge is 0.309 e. The molecule has 1 saturated carbocycles. The van der Waals surface area contributed by atoms with Gasteiger partial charge in [0, 0.05) is 36.8 Å². The Balaban J connectivity index is 1.33. The molecule has 270 valence electrons. The summed E-state index contributed by atoms with van der Waals surface area (Å²) in [6, 6.07) is 4.02. The van der Waals surface area contributed by atoms with Gasteiger partial charge in [-0.1, -0.05) is 63.7 Å². The highest BCUT2D eigenvalue weighted by Gasteiger charge is 2.51. The number of aromatic nitrogens is 1. The molecule has 0 aromatic carbocycles. The number of nitrogens with two attached hydrogens (primary N) is 1. The number of allylic oxidation sites excluding steroid dienone is 3. The summed E-state index contributed by atoms with van der Waals surface area (Å²) in [5.74, 6) is -0.644. The number of unbranched alkanes of at least 4 members (excludes halogenated alkanes) is 4. The molecular formula is C39H64N4O5. The first-order valence-electron chi connectivity index (χ1n) is 18.8. The van der Waals surface area contributed by atoms with Crippen LogP contribution in [0.2, 0.25) is 0 Å². The van der Waals surface area contributed by atoms with E-state index in [0.29, 0.717) is 50.5 Å². The van der Waals surface area contributed by atoms with E-state index in [9.17, 15) is 25.2 Å². The summed E-state index contributed by atoms with van der Waals surface area (Å²) in [6.07, 6.45) is 21.8. The van der Waals surface area contributed by atoms with Crippen molar-refractivity contribution in [3.8, 4) is 0 Å². The quantitative estimate of drug-likeness (QED) is 0.0637. The number of dihydropyridines is 1. The van der Waals surface area contributed by atoms with Crippen LogP contribution in [0.25, 0.3) is 0 Å². The number of hydrogen-bond donors (Lipinski definition) is 8. The molecule has 1 aromatic rings. The summed E-state index contributed by atoms with van der Waals surface area (Å²) >= 11 is 0. The molecule has 1 aromatic heterocycles. The van der Waals surface area contributed by atoms with Gasteiger partial charge < -0.3 is 41.8 Å². The Labute approximate surface area is 288 Å². The van der Waals surface area contributed by atoms with Gasteiger partial charge in [0.15, 0.2) is 0 Å². The van der Waals surface area contributed by atoms with Gasteiger partial charge >= 0.3 is 5.97 Å². The molecule has 0 saturated heterocycles. The minimum atomic E-state index is -1.06. The summed E-state index contributed by atoms with van der Waals surface area (Å²) in [6.45, 7) is 3.40. The number of aliphatic hydroxyl groups excluding tert-OH is 2. The number of aliphatic carboxylic acids is 1. The number of aromatic amines is 1. The Morgan fingerprint density at radius 2 is 1.94 bits per heavy atom. The van der Waals surface area contributed by atoms with E-state index in [2.05, 4.69) is 40.8 Å². The molecule has 9 atom stereocenters. The van der Waals surface area contributed by atoms with Crippen LogP contribution in [0.1, 0.15) is 103 Å². The van der Waals surface area contributed by atoms with Crippen LogP contribution in [0.5, 0.6) is 0 Å². The number of carboxylic acids is 1. The number of carboxylic acid groups (broad SMARTS) is 1. The van der Waals surface area contributed by atoms with Crippen LogP contribution in [0.15, 0.2) is 54.0 Å². The monoisotopic (exact) mass is 668 g/mol. The Morgan fingerprint density at radius 1 is 1.12 bits per heavy atom. The maximum Gasteiger partial charge on any atom is 0.309 e. The molecule has 0 radical (unpaired) electrons. The summed E-state index contributed by atoms with van der Waals surface area (Å²) in [4.78, 5) is 15.7. The van der Waals surface area contributed by atoms with Crippen molar-refractivity contribution >= 4 is 5.97 Å². The van der Waals surface area contributed by atoms with Crippen molar-refractivity contribution < 1.29 is 25.2 Å². The predicted octanol–water partition coefficient (Wildman–Crippen LogP) is 5.41. The normalized spacial score (nSPS) is 29.1. The largest absolute Gasteiger partial charge is 0.481 e. The third kappa shape index (κ3) is 11.0. The SMILES string of the molecule is CCCCCC1C=CC(CCCCCC(C(=O)O)C(O)CC(CNC)C2(O)CC(CC3=CCNC(N)=C3)CC2Cc2ccc[nH]2)C(O)C1. The molecule has 2 aliphatic carbocycles. The van der Waals surface area contributed by atoms with Crippen molar-refractivity contribution in [2.24, 2.45) is 41.2 Å². The lowest BCUT2D eigenvalue weighted by Gasteiger charge is -2.40. The van der Waals surface area contributed by atoms with Crippen molar-refractivity contribution in [2.75, 3.05) is 20.1 Å². The van der Waals surface area contributed by atoms with Crippen molar-refractivity contribution in [3.63, 3.8) is 0 Å². The zero-order valence-corrected chi connectivity index (χ0v) is 29.5. The molecule has 9 N–H and O–H groups in total. The lowest BCUT2D eigenvalue weighted by Crippen LogP contribution is -2.48. The number of H-pyrrole nitrogens is 1. The van der Waals surface area contributed by atoms with Crippen molar-refractivity contribution in [1.82, 2.24) is 15.6 Å². The summed E-state index contributed by atoms with van der Waals surface area (Å²) in [7, 11) is 1.85. The van der Waals surface area contributed by atoms with E-state index < -0.39 is 23.6 Å². The van der Waals surface area contributed by atoms with Gasteiger partial charge in [-0.15, -0.1) is 0 Å². The highest BCUT2D eigenvalue weighted by atomic mass is 16.4. The average molecular weight is 669 g/mol. The molecule has 1 fully saturated rings. The second-order valence-corrected chi connectivity index (χ2v) is 15.1. The fourth-order valence-electron chi connectivity index (χ4n) is 8.80. The molecular weight excluding hydrogens is 604 g/mol. The first-order chi connectivity index (χ1) is 23.1. The maximum atomic E-state index is 12.5. The van der Waals surface area contributed by atoms with E-state index in [4.69, 9.17) is 5.73 Å². The fraction of sp³-hybridized carbons (Fsp3) is 0.718. The molecule has 3 aliphatic rings. The zero-order valence-electron chi connectivity index (χ0n) is 29.5. The van der Waals surface area contributed by atoms with E-state index in [1.807, 2.05) is 31.5 Å². The topological polar surface area (TPSA) is 164 Å². The summed E-state index contributed by atoms with van der Waals surface area (Å²) < 4.78 is 0. The molecule has 0 spiro atoms.